The summed E-state index contributed by atoms with van der Waals surface area (Å²) in [4.78, 5) is 24.5. The smallest absolute Gasteiger partial charge is 0.306 e. The molecular formula is C28H26ClN3O3. The van der Waals surface area contributed by atoms with Crippen LogP contribution in [-0.2, 0) is 11.3 Å². The molecule has 4 aromatic rings. The fourth-order valence-electron chi connectivity index (χ4n) is 4.83. The second-order valence-electron chi connectivity index (χ2n) is 9.08. The van der Waals surface area contributed by atoms with E-state index in [4.69, 9.17) is 11.6 Å². The molecule has 5 rings (SSSR count). The van der Waals surface area contributed by atoms with Crippen LogP contribution in [-0.4, -0.2) is 32.8 Å². The van der Waals surface area contributed by atoms with Crippen LogP contribution < -0.4 is 5.32 Å². The molecule has 1 amide bonds. The SMILES string of the molecule is O=C(NC1CCC(C(=O)O)CC1)c1ccc(Cl)c2cnn(Cc3ccc(-c4ccccc4)cc3)c12. The Morgan fingerprint density at radius 2 is 1.63 bits per heavy atom. The summed E-state index contributed by atoms with van der Waals surface area (Å²) in [6.45, 7) is 0.503. The Balaban J connectivity index is 1.37. The lowest BCUT2D eigenvalue weighted by molar-refractivity contribution is -0.142. The van der Waals surface area contributed by atoms with Gasteiger partial charge in [-0.3, -0.25) is 14.3 Å². The van der Waals surface area contributed by atoms with Crippen molar-refractivity contribution in [2.45, 2.75) is 38.3 Å². The van der Waals surface area contributed by atoms with Crippen molar-refractivity contribution in [3.63, 3.8) is 0 Å². The maximum Gasteiger partial charge on any atom is 0.306 e. The third-order valence-electron chi connectivity index (χ3n) is 6.80. The minimum Gasteiger partial charge on any atom is -0.481 e. The molecule has 0 unspecified atom stereocenters. The molecule has 0 atom stereocenters. The van der Waals surface area contributed by atoms with Gasteiger partial charge in [-0.05, 0) is 54.5 Å². The largest absolute Gasteiger partial charge is 0.481 e. The topological polar surface area (TPSA) is 84.2 Å². The number of halogens is 1. The minimum atomic E-state index is -0.755. The number of aromatic nitrogens is 2. The summed E-state index contributed by atoms with van der Waals surface area (Å²) in [6, 6.07) is 21.9. The van der Waals surface area contributed by atoms with Gasteiger partial charge in [0.25, 0.3) is 5.91 Å². The van der Waals surface area contributed by atoms with Gasteiger partial charge in [0.15, 0.2) is 0 Å². The molecule has 1 fully saturated rings. The monoisotopic (exact) mass is 487 g/mol. The van der Waals surface area contributed by atoms with Gasteiger partial charge in [0.05, 0.1) is 34.8 Å². The molecule has 0 spiro atoms. The van der Waals surface area contributed by atoms with E-state index in [0.717, 1.165) is 22.1 Å². The Bertz CT molecular complexity index is 1360. The number of carboxylic acids is 1. The molecule has 0 radical (unpaired) electrons. The lowest BCUT2D eigenvalue weighted by Gasteiger charge is -2.27. The van der Waals surface area contributed by atoms with Gasteiger partial charge in [0, 0.05) is 11.4 Å². The fraction of sp³-hybridized carbons (Fsp3) is 0.250. The summed E-state index contributed by atoms with van der Waals surface area (Å²) in [5.41, 5.74) is 4.57. The predicted molar refractivity (Wildman–Crippen MR) is 137 cm³/mol. The number of hydrogen-bond acceptors (Lipinski definition) is 3. The second-order valence-corrected chi connectivity index (χ2v) is 9.49. The summed E-state index contributed by atoms with van der Waals surface area (Å²) in [5, 5.41) is 18.1. The van der Waals surface area contributed by atoms with E-state index in [9.17, 15) is 14.7 Å². The molecule has 0 aliphatic heterocycles. The van der Waals surface area contributed by atoms with E-state index in [2.05, 4.69) is 46.8 Å². The number of amides is 1. The molecule has 2 N–H and O–H groups in total. The molecule has 6 nitrogen and oxygen atoms in total. The zero-order chi connectivity index (χ0) is 24.4. The number of carbonyl (C=O) groups is 2. The maximum atomic E-state index is 13.2. The predicted octanol–water partition coefficient (Wildman–Crippen LogP) is 5.78. The number of carboxylic acid groups (broad SMARTS) is 1. The highest BCUT2D eigenvalue weighted by Crippen LogP contribution is 2.29. The van der Waals surface area contributed by atoms with Gasteiger partial charge >= 0.3 is 5.97 Å². The number of fused-ring (bicyclic) bond motifs is 1. The molecule has 1 aliphatic carbocycles. The van der Waals surface area contributed by atoms with Crippen LogP contribution in [0, 0.1) is 5.92 Å². The van der Waals surface area contributed by atoms with Gasteiger partial charge in [-0.15, -0.1) is 0 Å². The van der Waals surface area contributed by atoms with Crippen molar-refractivity contribution >= 4 is 34.4 Å². The standard InChI is InChI=1S/C28H26ClN3O3/c29-25-15-14-23(27(33)31-22-12-10-21(11-13-22)28(34)35)26-24(25)16-30-32(26)17-18-6-8-20(9-7-18)19-4-2-1-3-5-19/h1-9,14-16,21-22H,10-13,17H2,(H,31,33)(H,34,35). The Hall–Kier alpha value is -3.64. The summed E-state index contributed by atoms with van der Waals surface area (Å²) >= 11 is 6.44. The summed E-state index contributed by atoms with van der Waals surface area (Å²) in [7, 11) is 0. The van der Waals surface area contributed by atoms with Crippen LogP contribution in [0.4, 0.5) is 0 Å². The van der Waals surface area contributed by atoms with Gasteiger partial charge in [0.1, 0.15) is 0 Å². The zero-order valence-electron chi connectivity index (χ0n) is 19.2. The van der Waals surface area contributed by atoms with Crippen molar-refractivity contribution < 1.29 is 14.7 Å². The van der Waals surface area contributed by atoms with Crippen LogP contribution in [0.3, 0.4) is 0 Å². The van der Waals surface area contributed by atoms with Crippen LogP contribution in [0.5, 0.6) is 0 Å². The molecule has 0 bridgehead atoms. The zero-order valence-corrected chi connectivity index (χ0v) is 19.9. The lowest BCUT2D eigenvalue weighted by Crippen LogP contribution is -2.38. The van der Waals surface area contributed by atoms with Gasteiger partial charge in [0.2, 0.25) is 0 Å². The summed E-state index contributed by atoms with van der Waals surface area (Å²) in [5.74, 6) is -1.26. The third-order valence-corrected chi connectivity index (χ3v) is 7.13. The molecule has 3 aromatic carbocycles. The molecule has 7 heteroatoms. The van der Waals surface area contributed by atoms with Crippen LogP contribution in [0.2, 0.25) is 5.02 Å². The molecule has 1 aliphatic rings. The van der Waals surface area contributed by atoms with Crippen molar-refractivity contribution in [1.29, 1.82) is 0 Å². The third kappa shape index (κ3) is 4.93. The Morgan fingerprint density at radius 1 is 0.943 bits per heavy atom. The van der Waals surface area contributed by atoms with Crippen molar-refractivity contribution in [3.05, 3.63) is 89.1 Å². The molecule has 1 saturated carbocycles. The average Bonchev–Trinajstić information content (AvgIpc) is 3.30. The number of aliphatic carboxylic acids is 1. The van der Waals surface area contributed by atoms with Crippen LogP contribution >= 0.6 is 11.6 Å². The minimum absolute atomic E-state index is 0.0364. The number of nitrogens with one attached hydrogen (secondary N) is 1. The molecule has 1 aromatic heterocycles. The first-order valence-electron chi connectivity index (χ1n) is 11.8. The van der Waals surface area contributed by atoms with Gasteiger partial charge in [-0.1, -0.05) is 66.2 Å². The normalized spacial score (nSPS) is 17.9. The van der Waals surface area contributed by atoms with E-state index >= 15 is 0 Å². The van der Waals surface area contributed by atoms with Crippen molar-refractivity contribution in [1.82, 2.24) is 15.1 Å². The fourth-order valence-corrected chi connectivity index (χ4v) is 5.03. The van der Waals surface area contributed by atoms with Crippen molar-refractivity contribution in [2.75, 3.05) is 0 Å². The van der Waals surface area contributed by atoms with Crippen LogP contribution in [0.15, 0.2) is 72.9 Å². The Kier molecular flexibility index (Phi) is 6.55. The number of carbonyl (C=O) groups excluding carboxylic acids is 1. The number of benzene rings is 3. The van der Waals surface area contributed by atoms with E-state index in [-0.39, 0.29) is 17.9 Å². The maximum absolute atomic E-state index is 13.2. The highest BCUT2D eigenvalue weighted by Gasteiger charge is 2.27. The number of hydrogen-bond donors (Lipinski definition) is 2. The highest BCUT2D eigenvalue weighted by atomic mass is 35.5. The van der Waals surface area contributed by atoms with Gasteiger partial charge in [-0.2, -0.15) is 5.10 Å². The van der Waals surface area contributed by atoms with E-state index in [1.807, 2.05) is 22.9 Å². The van der Waals surface area contributed by atoms with E-state index in [1.165, 1.54) is 0 Å². The number of rotatable bonds is 6. The first-order valence-corrected chi connectivity index (χ1v) is 12.2. The Morgan fingerprint density at radius 3 is 2.31 bits per heavy atom. The lowest BCUT2D eigenvalue weighted by atomic mass is 9.86. The van der Waals surface area contributed by atoms with E-state index < -0.39 is 5.97 Å². The average molecular weight is 488 g/mol. The van der Waals surface area contributed by atoms with E-state index in [1.54, 1.807) is 18.3 Å². The molecule has 178 valence electrons. The Labute approximate surface area is 208 Å². The first-order chi connectivity index (χ1) is 17.0. The number of nitrogens with zero attached hydrogens (tertiary/aromatic N) is 2. The molecule has 1 heterocycles. The van der Waals surface area contributed by atoms with E-state index in [0.29, 0.717) is 48.3 Å². The summed E-state index contributed by atoms with van der Waals surface area (Å²) < 4.78 is 1.81. The second kappa shape index (κ2) is 9.92. The quantitative estimate of drug-likeness (QED) is 0.361. The molecule has 35 heavy (non-hydrogen) atoms. The van der Waals surface area contributed by atoms with Gasteiger partial charge < -0.3 is 10.4 Å². The summed E-state index contributed by atoms with van der Waals surface area (Å²) in [6.07, 6.45) is 4.17. The highest BCUT2D eigenvalue weighted by molar-refractivity contribution is 6.36. The van der Waals surface area contributed by atoms with Gasteiger partial charge in [-0.25, -0.2) is 0 Å². The van der Waals surface area contributed by atoms with Crippen LogP contribution in [0.25, 0.3) is 22.0 Å². The molecular weight excluding hydrogens is 462 g/mol. The molecule has 0 saturated heterocycles. The van der Waals surface area contributed by atoms with Crippen LogP contribution in [0.1, 0.15) is 41.6 Å². The first kappa shape index (κ1) is 23.1. The van der Waals surface area contributed by atoms with Crippen molar-refractivity contribution in [3.8, 4) is 11.1 Å². The van der Waals surface area contributed by atoms with Crippen molar-refractivity contribution in [2.24, 2.45) is 5.92 Å².